The van der Waals surface area contributed by atoms with Gasteiger partial charge in [-0.25, -0.2) is 27.9 Å². The number of nitrogens with zero attached hydrogens (tertiary/aromatic N) is 7. The van der Waals surface area contributed by atoms with Crippen LogP contribution in [0.2, 0.25) is 10.0 Å². The molecule has 1 saturated heterocycles. The number of aliphatic hydroxyl groups is 1. The van der Waals surface area contributed by atoms with Gasteiger partial charge in [-0.05, 0) is 36.4 Å². The molecule has 0 radical (unpaired) electrons. The molecule has 2 atom stereocenters. The van der Waals surface area contributed by atoms with E-state index in [4.69, 9.17) is 28.9 Å². The van der Waals surface area contributed by atoms with Crippen molar-refractivity contribution in [2.45, 2.75) is 43.8 Å². The number of nitrogens with two attached hydrogens (primary N) is 1. The van der Waals surface area contributed by atoms with Gasteiger partial charge in [-0.2, -0.15) is 13.2 Å². The van der Waals surface area contributed by atoms with Crippen LogP contribution in [0, 0.1) is 0 Å². The molecule has 1 aliphatic heterocycles. The second-order valence-electron chi connectivity index (χ2n) is 10.1. The number of carbonyl (C=O) groups excluding carboxylic acids is 2. The summed E-state index contributed by atoms with van der Waals surface area (Å²) in [6.45, 7) is -2.69. The zero-order chi connectivity index (χ0) is 32.8. The zero-order valence-electron chi connectivity index (χ0n) is 22.6. The summed E-state index contributed by atoms with van der Waals surface area (Å²) in [6, 6.07) is 8.19. The average molecular weight is 675 g/mol. The van der Waals surface area contributed by atoms with Crippen LogP contribution < -0.4 is 11.4 Å². The van der Waals surface area contributed by atoms with Gasteiger partial charge in [0.15, 0.2) is 17.8 Å². The van der Waals surface area contributed by atoms with Gasteiger partial charge in [0.2, 0.25) is 5.91 Å². The lowest BCUT2D eigenvalue weighted by Crippen LogP contribution is -2.44. The van der Waals surface area contributed by atoms with Gasteiger partial charge in [-0.15, -0.1) is 10.2 Å². The Kier molecular flexibility index (Phi) is 8.45. The Balaban J connectivity index is 1.49. The van der Waals surface area contributed by atoms with E-state index in [1.54, 1.807) is 0 Å². The Hall–Kier alpha value is -4.35. The van der Waals surface area contributed by atoms with Gasteiger partial charge in [0.1, 0.15) is 18.9 Å². The molecule has 1 fully saturated rings. The van der Waals surface area contributed by atoms with Crippen LogP contribution >= 0.6 is 23.2 Å². The van der Waals surface area contributed by atoms with Crippen molar-refractivity contribution in [3.8, 4) is 17.1 Å². The molecule has 0 unspecified atom stereocenters. The van der Waals surface area contributed by atoms with E-state index in [0.717, 1.165) is 15.7 Å². The number of alkyl halides is 5. The number of hydrogen-bond donors (Lipinski definition) is 2. The number of hydrogen-bond acceptors (Lipinski definition) is 7. The minimum Gasteiger partial charge on any atom is -0.382 e. The number of primary amides is 1. The summed E-state index contributed by atoms with van der Waals surface area (Å²) in [7, 11) is 0. The van der Waals surface area contributed by atoms with Gasteiger partial charge in [-0.3, -0.25) is 14.2 Å². The normalized spacial score (nSPS) is 17.1. The third-order valence-corrected chi connectivity index (χ3v) is 7.45. The fourth-order valence-corrected chi connectivity index (χ4v) is 5.16. The predicted octanol–water partition coefficient (Wildman–Crippen LogP) is 2.91. The van der Waals surface area contributed by atoms with Gasteiger partial charge in [-0.1, -0.05) is 29.3 Å². The summed E-state index contributed by atoms with van der Waals surface area (Å²) < 4.78 is 70.2. The number of para-hydroxylation sites is 1. The molecule has 4 aromatic rings. The van der Waals surface area contributed by atoms with Crippen LogP contribution in [-0.4, -0.2) is 81.7 Å². The molecule has 45 heavy (non-hydrogen) atoms. The van der Waals surface area contributed by atoms with Gasteiger partial charge in [0, 0.05) is 17.0 Å². The first-order valence-corrected chi connectivity index (χ1v) is 13.7. The van der Waals surface area contributed by atoms with Crippen LogP contribution in [0.15, 0.2) is 53.6 Å². The van der Waals surface area contributed by atoms with Crippen LogP contribution in [0.5, 0.6) is 0 Å². The highest BCUT2D eigenvalue weighted by Crippen LogP contribution is 2.35. The molecule has 5 rings (SSSR count). The molecule has 1 aliphatic rings. The highest BCUT2D eigenvalue weighted by atomic mass is 35.5. The van der Waals surface area contributed by atoms with Crippen LogP contribution in [0.3, 0.4) is 0 Å². The molecule has 2 aromatic heterocycles. The first-order chi connectivity index (χ1) is 21.1. The topological polar surface area (TPSA) is 154 Å². The van der Waals surface area contributed by atoms with E-state index >= 15 is 0 Å². The van der Waals surface area contributed by atoms with Gasteiger partial charge < -0.3 is 15.7 Å². The molecular formula is C26H21Cl2F5N8O4. The third-order valence-electron chi connectivity index (χ3n) is 6.89. The van der Waals surface area contributed by atoms with E-state index in [9.17, 15) is 41.4 Å². The maximum Gasteiger partial charge on any atom is 0.416 e. The number of carbonyl (C=O) groups is 2. The smallest absolute Gasteiger partial charge is 0.382 e. The molecule has 3 heterocycles. The van der Waals surface area contributed by atoms with Crippen molar-refractivity contribution >= 4 is 35.0 Å². The summed E-state index contributed by atoms with van der Waals surface area (Å²) in [6.07, 6.45) is -7.74. The molecule has 2 aromatic carbocycles. The molecule has 0 saturated carbocycles. The molecule has 2 amide bonds. The minimum absolute atomic E-state index is 0.0495. The number of benzene rings is 2. The largest absolute Gasteiger partial charge is 0.416 e. The van der Waals surface area contributed by atoms with E-state index in [2.05, 4.69) is 15.2 Å². The second kappa shape index (κ2) is 11.9. The van der Waals surface area contributed by atoms with E-state index in [-0.39, 0.29) is 33.5 Å². The van der Waals surface area contributed by atoms with E-state index in [1.807, 2.05) is 0 Å². The molecule has 12 nitrogen and oxygen atoms in total. The van der Waals surface area contributed by atoms with Crippen molar-refractivity contribution in [2.24, 2.45) is 5.73 Å². The summed E-state index contributed by atoms with van der Waals surface area (Å²) in [4.78, 5) is 43.1. The average Bonchev–Trinajstić information content (AvgIpc) is 3.64. The summed E-state index contributed by atoms with van der Waals surface area (Å²) in [5.41, 5.74) is 4.16. The Morgan fingerprint density at radius 3 is 2.44 bits per heavy atom. The fraction of sp³-hybridized carbons (Fsp3) is 0.308. The Morgan fingerprint density at radius 2 is 1.80 bits per heavy atom. The molecule has 0 bridgehead atoms. The van der Waals surface area contributed by atoms with Crippen molar-refractivity contribution in [3.05, 3.63) is 80.7 Å². The van der Waals surface area contributed by atoms with Crippen molar-refractivity contribution in [1.29, 1.82) is 0 Å². The molecule has 19 heteroatoms. The second-order valence-corrected chi connectivity index (χ2v) is 10.9. The lowest BCUT2D eigenvalue weighted by atomic mass is 10.1. The van der Waals surface area contributed by atoms with Crippen LogP contribution in [0.1, 0.15) is 22.6 Å². The maximum absolute atomic E-state index is 14.1. The standard InChI is InChI=1S/C26H21Cl2F5N8O4/c27-14-6-4-13(5-7-14)22-37-40(24(45)38(22)9-18(42)26(31,32)33)10-19-35-12-41(36-19)20-15(2-1-3-16(20)28)23(44)39-11-25(29,30)8-17(39)21(34)43/h1-7,12,17-18,42H,8-11H2,(H2,34,43)/t17-,18-/m0/s1. The summed E-state index contributed by atoms with van der Waals surface area (Å²) >= 11 is 12.3. The highest BCUT2D eigenvalue weighted by Gasteiger charge is 2.50. The van der Waals surface area contributed by atoms with Crippen molar-refractivity contribution in [1.82, 2.24) is 34.0 Å². The molecule has 238 valence electrons. The summed E-state index contributed by atoms with van der Waals surface area (Å²) in [5, 5.41) is 18.3. The van der Waals surface area contributed by atoms with Crippen LogP contribution in [0.4, 0.5) is 22.0 Å². The van der Waals surface area contributed by atoms with Gasteiger partial charge in [0.25, 0.3) is 11.8 Å². The molecular weight excluding hydrogens is 654 g/mol. The molecule has 0 spiro atoms. The van der Waals surface area contributed by atoms with Crippen molar-refractivity contribution < 1.29 is 36.6 Å². The summed E-state index contributed by atoms with van der Waals surface area (Å²) in [5.74, 6) is -5.76. The predicted molar refractivity (Wildman–Crippen MR) is 148 cm³/mol. The highest BCUT2D eigenvalue weighted by molar-refractivity contribution is 6.33. The third kappa shape index (κ3) is 6.55. The van der Waals surface area contributed by atoms with Gasteiger partial charge >= 0.3 is 11.9 Å². The lowest BCUT2D eigenvalue weighted by Gasteiger charge is -2.23. The SMILES string of the molecule is NC(=O)[C@@H]1CC(F)(F)CN1C(=O)c1cccc(Cl)c1-n1cnc(Cn2nc(-c3ccc(Cl)cc3)n(C[C@H](O)C(F)(F)F)c2=O)n1. The van der Waals surface area contributed by atoms with E-state index in [1.165, 1.54) is 42.5 Å². The first-order valence-electron chi connectivity index (χ1n) is 12.9. The number of amides is 2. The number of halogens is 7. The molecule has 0 aliphatic carbocycles. The quantitative estimate of drug-likeness (QED) is 0.273. The van der Waals surface area contributed by atoms with E-state index in [0.29, 0.717) is 14.5 Å². The van der Waals surface area contributed by atoms with Crippen molar-refractivity contribution in [3.63, 3.8) is 0 Å². The number of aliphatic hydroxyl groups excluding tert-OH is 1. The van der Waals surface area contributed by atoms with Crippen LogP contribution in [-0.2, 0) is 17.9 Å². The van der Waals surface area contributed by atoms with Crippen LogP contribution in [0.25, 0.3) is 17.1 Å². The fourth-order valence-electron chi connectivity index (χ4n) is 4.77. The van der Waals surface area contributed by atoms with E-state index < -0.39 is 67.8 Å². The number of rotatable bonds is 8. The Labute approximate surface area is 259 Å². The minimum atomic E-state index is -5.02. The monoisotopic (exact) mass is 674 g/mol. The van der Waals surface area contributed by atoms with Crippen molar-refractivity contribution in [2.75, 3.05) is 6.54 Å². The number of aromatic nitrogens is 6. The maximum atomic E-state index is 14.1. The number of likely N-dealkylation sites (tertiary alicyclic amines) is 1. The molecule has 3 N–H and O–H groups in total. The zero-order valence-corrected chi connectivity index (χ0v) is 24.1. The van der Waals surface area contributed by atoms with Gasteiger partial charge in [0.05, 0.1) is 29.4 Å². The lowest BCUT2D eigenvalue weighted by molar-refractivity contribution is -0.207. The Morgan fingerprint density at radius 1 is 1.11 bits per heavy atom. The first kappa shape index (κ1) is 32.1. The Bertz CT molecular complexity index is 1820.